The van der Waals surface area contributed by atoms with Gasteiger partial charge in [-0.15, -0.1) is 0 Å². The van der Waals surface area contributed by atoms with Crippen LogP contribution in [0.1, 0.15) is 38.7 Å². The molecule has 1 aromatic heterocycles. The lowest BCUT2D eigenvalue weighted by Crippen LogP contribution is -2.04. The average Bonchev–Trinajstić information content (AvgIpc) is 2.48. The van der Waals surface area contributed by atoms with Crippen molar-refractivity contribution in [3.63, 3.8) is 0 Å². The summed E-state index contributed by atoms with van der Waals surface area (Å²) in [6, 6.07) is 8.52. The zero-order chi connectivity index (χ0) is 15.2. The molecule has 2 aromatic rings. The first-order valence-corrected chi connectivity index (χ1v) is 8.33. The molecule has 1 aromatic carbocycles. The normalized spacial score (nSPS) is 10.9. The summed E-state index contributed by atoms with van der Waals surface area (Å²) in [7, 11) is 0. The maximum absolute atomic E-state index is 6.19. The summed E-state index contributed by atoms with van der Waals surface area (Å²) in [5.41, 5.74) is 1.33. The molecule has 0 saturated heterocycles. The van der Waals surface area contributed by atoms with Crippen molar-refractivity contribution >= 4 is 29.3 Å². The van der Waals surface area contributed by atoms with Gasteiger partial charge < -0.3 is 5.32 Å². The smallest absolute Gasteiger partial charge is 0.223 e. The van der Waals surface area contributed by atoms with Gasteiger partial charge in [0.1, 0.15) is 5.03 Å². The van der Waals surface area contributed by atoms with Crippen molar-refractivity contribution in [2.45, 2.75) is 43.0 Å². The van der Waals surface area contributed by atoms with Gasteiger partial charge in [-0.3, -0.25) is 0 Å². The third-order valence-corrected chi connectivity index (χ3v) is 4.41. The maximum Gasteiger partial charge on any atom is 0.223 e. The number of hydrogen-bond acceptors (Lipinski definition) is 4. The second kappa shape index (κ2) is 7.66. The van der Waals surface area contributed by atoms with Crippen LogP contribution in [0.3, 0.4) is 0 Å². The van der Waals surface area contributed by atoms with Crippen LogP contribution in [-0.4, -0.2) is 16.5 Å². The number of rotatable bonds is 6. The van der Waals surface area contributed by atoms with Gasteiger partial charge in [-0.1, -0.05) is 56.3 Å². The van der Waals surface area contributed by atoms with Crippen LogP contribution in [0.25, 0.3) is 0 Å². The molecular weight excluding hydrogens is 302 g/mol. The second-order valence-corrected chi connectivity index (χ2v) is 6.57. The molecule has 2 rings (SSSR count). The number of nitrogens with zero attached hydrogens (tertiary/aromatic N) is 2. The van der Waals surface area contributed by atoms with Gasteiger partial charge >= 0.3 is 0 Å². The summed E-state index contributed by atoms with van der Waals surface area (Å²) in [5.74, 6) is 1.17. The lowest BCUT2D eigenvalue weighted by Gasteiger charge is -2.08. The molecule has 1 heterocycles. The van der Waals surface area contributed by atoms with Crippen molar-refractivity contribution in [2.75, 3.05) is 11.9 Å². The van der Waals surface area contributed by atoms with Gasteiger partial charge in [0.05, 0.1) is 11.2 Å². The summed E-state index contributed by atoms with van der Waals surface area (Å²) in [4.78, 5) is 9.79. The zero-order valence-corrected chi connectivity index (χ0v) is 14.1. The fourth-order valence-electron chi connectivity index (χ4n) is 1.78. The van der Waals surface area contributed by atoms with Crippen molar-refractivity contribution in [3.8, 4) is 0 Å². The van der Waals surface area contributed by atoms with Crippen molar-refractivity contribution in [2.24, 2.45) is 0 Å². The van der Waals surface area contributed by atoms with Gasteiger partial charge in [-0.25, -0.2) is 9.97 Å². The monoisotopic (exact) mass is 321 g/mol. The number of nitrogens with one attached hydrogen (secondary N) is 1. The zero-order valence-electron chi connectivity index (χ0n) is 12.6. The van der Waals surface area contributed by atoms with Crippen molar-refractivity contribution in [3.05, 3.63) is 41.0 Å². The van der Waals surface area contributed by atoms with Crippen LogP contribution in [0.5, 0.6) is 0 Å². The van der Waals surface area contributed by atoms with E-state index in [4.69, 9.17) is 11.6 Å². The topological polar surface area (TPSA) is 37.8 Å². The number of halogens is 1. The first-order chi connectivity index (χ1) is 10.1. The van der Waals surface area contributed by atoms with Gasteiger partial charge in [0.2, 0.25) is 5.95 Å². The molecule has 0 saturated carbocycles. The van der Waals surface area contributed by atoms with E-state index in [2.05, 4.69) is 60.3 Å². The average molecular weight is 322 g/mol. The Morgan fingerprint density at radius 3 is 2.57 bits per heavy atom. The van der Waals surface area contributed by atoms with Gasteiger partial charge in [0.15, 0.2) is 0 Å². The van der Waals surface area contributed by atoms with Crippen molar-refractivity contribution in [1.82, 2.24) is 9.97 Å². The fraction of sp³-hybridized carbons (Fsp3) is 0.375. The Labute approximate surface area is 135 Å². The number of benzene rings is 1. The fourth-order valence-corrected chi connectivity index (χ4v) is 2.76. The third-order valence-electron chi connectivity index (χ3n) is 3.01. The minimum Gasteiger partial charge on any atom is -0.354 e. The van der Waals surface area contributed by atoms with Crippen LogP contribution < -0.4 is 5.32 Å². The second-order valence-electron chi connectivity index (χ2n) is 5.10. The van der Waals surface area contributed by atoms with Gasteiger partial charge in [0, 0.05) is 11.4 Å². The molecule has 0 aliphatic heterocycles. The van der Waals surface area contributed by atoms with Crippen LogP contribution in [0, 0.1) is 0 Å². The molecular formula is C16H20ClN3S. The van der Waals surface area contributed by atoms with E-state index in [0.717, 1.165) is 22.9 Å². The highest BCUT2D eigenvalue weighted by Gasteiger charge is 2.08. The SMILES string of the molecule is CCCNc1ncc(Cl)c(Sc2ccc(C(C)C)cc2)n1. The number of anilines is 1. The molecule has 0 spiro atoms. The van der Waals surface area contributed by atoms with E-state index in [1.165, 1.54) is 5.56 Å². The summed E-state index contributed by atoms with van der Waals surface area (Å²) >= 11 is 7.75. The predicted octanol–water partition coefficient (Wildman–Crippen LogP) is 5.23. The highest BCUT2D eigenvalue weighted by atomic mass is 35.5. The van der Waals surface area contributed by atoms with E-state index in [-0.39, 0.29) is 0 Å². The molecule has 1 N–H and O–H groups in total. The summed E-state index contributed by atoms with van der Waals surface area (Å²) in [6.45, 7) is 7.34. The predicted molar refractivity (Wildman–Crippen MR) is 90.5 cm³/mol. The van der Waals surface area contributed by atoms with Gasteiger partial charge in [-0.05, 0) is 30.0 Å². The molecule has 0 atom stereocenters. The Morgan fingerprint density at radius 1 is 1.24 bits per heavy atom. The van der Waals surface area contributed by atoms with Crippen LogP contribution >= 0.6 is 23.4 Å². The molecule has 112 valence electrons. The van der Waals surface area contributed by atoms with E-state index in [0.29, 0.717) is 16.9 Å². The first-order valence-electron chi connectivity index (χ1n) is 7.14. The van der Waals surface area contributed by atoms with E-state index < -0.39 is 0 Å². The highest BCUT2D eigenvalue weighted by Crippen LogP contribution is 2.32. The summed E-state index contributed by atoms with van der Waals surface area (Å²) in [5, 5.41) is 4.54. The summed E-state index contributed by atoms with van der Waals surface area (Å²) in [6.07, 6.45) is 2.68. The maximum atomic E-state index is 6.19. The van der Waals surface area contributed by atoms with E-state index in [1.54, 1.807) is 18.0 Å². The minimum atomic E-state index is 0.538. The quantitative estimate of drug-likeness (QED) is 0.739. The Morgan fingerprint density at radius 2 is 1.95 bits per heavy atom. The summed E-state index contributed by atoms with van der Waals surface area (Å²) < 4.78 is 0. The Hall–Kier alpha value is -1.26. The lowest BCUT2D eigenvalue weighted by atomic mass is 10.0. The molecule has 0 radical (unpaired) electrons. The van der Waals surface area contributed by atoms with E-state index in [1.807, 2.05) is 0 Å². The van der Waals surface area contributed by atoms with Crippen molar-refractivity contribution in [1.29, 1.82) is 0 Å². The minimum absolute atomic E-state index is 0.538. The highest BCUT2D eigenvalue weighted by molar-refractivity contribution is 7.99. The van der Waals surface area contributed by atoms with E-state index >= 15 is 0 Å². The lowest BCUT2D eigenvalue weighted by molar-refractivity contribution is 0.865. The molecule has 0 unspecified atom stereocenters. The van der Waals surface area contributed by atoms with Gasteiger partial charge in [0.25, 0.3) is 0 Å². The van der Waals surface area contributed by atoms with E-state index in [9.17, 15) is 0 Å². The first kappa shape index (κ1) is 16.1. The molecule has 0 bridgehead atoms. The Bertz CT molecular complexity index is 585. The van der Waals surface area contributed by atoms with Crippen molar-refractivity contribution < 1.29 is 0 Å². The van der Waals surface area contributed by atoms with Crippen LogP contribution in [0.4, 0.5) is 5.95 Å². The Balaban J connectivity index is 2.14. The standard InChI is InChI=1S/C16H20ClN3S/c1-4-9-18-16-19-10-14(17)15(20-16)21-13-7-5-12(6-8-13)11(2)3/h5-8,10-11H,4,9H2,1-3H3,(H,18,19,20). The largest absolute Gasteiger partial charge is 0.354 e. The van der Waals surface area contributed by atoms with Crippen LogP contribution in [0.15, 0.2) is 40.4 Å². The van der Waals surface area contributed by atoms with Crippen LogP contribution in [-0.2, 0) is 0 Å². The Kier molecular flexibility index (Phi) is 5.88. The number of aromatic nitrogens is 2. The third kappa shape index (κ3) is 4.61. The molecule has 5 heteroatoms. The van der Waals surface area contributed by atoms with Crippen LogP contribution in [0.2, 0.25) is 5.02 Å². The molecule has 0 aliphatic carbocycles. The number of hydrogen-bond donors (Lipinski definition) is 1. The molecule has 0 aliphatic rings. The molecule has 0 amide bonds. The van der Waals surface area contributed by atoms with Gasteiger partial charge in [-0.2, -0.15) is 0 Å². The molecule has 21 heavy (non-hydrogen) atoms. The molecule has 3 nitrogen and oxygen atoms in total. The molecule has 0 fully saturated rings.